The van der Waals surface area contributed by atoms with Crippen LogP contribution in [0.15, 0.2) is 42.5 Å². The highest BCUT2D eigenvalue weighted by Gasteiger charge is 2.25. The topological polar surface area (TPSA) is 39.2 Å². The highest BCUT2D eigenvalue weighted by Crippen LogP contribution is 2.22. The van der Waals surface area contributed by atoms with Gasteiger partial charge in [-0.2, -0.15) is 0 Å². The molecule has 3 rings (SSSR count). The molecule has 0 fully saturated rings. The van der Waals surface area contributed by atoms with E-state index in [0.717, 1.165) is 24.9 Å². The molecule has 0 saturated carbocycles. The fourth-order valence-electron chi connectivity index (χ4n) is 2.48. The maximum atomic E-state index is 11.7. The van der Waals surface area contributed by atoms with Crippen LogP contribution in [-0.2, 0) is 11.1 Å². The molecular weight excluding hydrogens is 249 g/mol. The molecule has 1 aromatic carbocycles. The van der Waals surface area contributed by atoms with Gasteiger partial charge < -0.3 is 4.74 Å². The molecule has 1 unspecified atom stereocenters. The second-order valence-corrected chi connectivity index (χ2v) is 5.22. The number of carbonyl (C=O) groups excluding carboxylic acids is 1. The van der Waals surface area contributed by atoms with Crippen molar-refractivity contribution in [2.24, 2.45) is 0 Å². The van der Waals surface area contributed by atoms with E-state index < -0.39 is 0 Å². The van der Waals surface area contributed by atoms with Crippen LogP contribution in [0.3, 0.4) is 0 Å². The standard InChI is InChI=1S/C16H16BNO2/c1-11-10-20-16(19)13-7-8-14(18-15(11)13)17-9-12-5-3-2-4-6-12/h2-8,11,17H,9-10H2,1H3. The van der Waals surface area contributed by atoms with Gasteiger partial charge in [0.25, 0.3) is 0 Å². The molecule has 1 atom stereocenters. The molecule has 2 heterocycles. The number of ether oxygens (including phenoxy) is 1. The number of benzene rings is 1. The Hall–Kier alpha value is -2.10. The van der Waals surface area contributed by atoms with E-state index in [1.54, 1.807) is 0 Å². The number of fused-ring (bicyclic) bond motifs is 1. The molecule has 2 aromatic rings. The smallest absolute Gasteiger partial charge is 0.340 e. The Morgan fingerprint density at radius 2 is 2.05 bits per heavy atom. The van der Waals surface area contributed by atoms with Gasteiger partial charge in [0.05, 0.1) is 17.9 Å². The molecule has 100 valence electrons. The van der Waals surface area contributed by atoms with Crippen molar-refractivity contribution in [3.05, 3.63) is 59.3 Å². The predicted octanol–water partition coefficient (Wildman–Crippen LogP) is 1.62. The summed E-state index contributed by atoms with van der Waals surface area (Å²) in [6, 6.07) is 14.1. The molecule has 1 aliphatic rings. The summed E-state index contributed by atoms with van der Waals surface area (Å²) in [6.45, 7) is 2.47. The van der Waals surface area contributed by atoms with Crippen LogP contribution in [0.5, 0.6) is 0 Å². The molecule has 0 amide bonds. The molecular formula is C16H16BNO2. The minimum atomic E-state index is -0.250. The third-order valence-electron chi connectivity index (χ3n) is 3.65. The van der Waals surface area contributed by atoms with Crippen molar-refractivity contribution >= 4 is 18.8 Å². The third kappa shape index (κ3) is 2.59. The maximum Gasteiger partial charge on any atom is 0.340 e. The molecule has 1 aromatic heterocycles. The van der Waals surface area contributed by atoms with Gasteiger partial charge in [0, 0.05) is 11.5 Å². The maximum absolute atomic E-state index is 11.7. The van der Waals surface area contributed by atoms with Crippen molar-refractivity contribution in [3.8, 4) is 0 Å². The van der Waals surface area contributed by atoms with E-state index in [0.29, 0.717) is 12.2 Å². The highest BCUT2D eigenvalue weighted by molar-refractivity contribution is 6.51. The first-order chi connectivity index (χ1) is 9.74. The number of hydrogen-bond acceptors (Lipinski definition) is 3. The van der Waals surface area contributed by atoms with Gasteiger partial charge in [-0.05, 0) is 18.5 Å². The van der Waals surface area contributed by atoms with Crippen LogP contribution >= 0.6 is 0 Å². The molecule has 0 spiro atoms. The van der Waals surface area contributed by atoms with E-state index in [4.69, 9.17) is 4.74 Å². The van der Waals surface area contributed by atoms with E-state index in [1.807, 2.05) is 37.3 Å². The number of cyclic esters (lactones) is 1. The second kappa shape index (κ2) is 5.49. The number of pyridine rings is 1. The van der Waals surface area contributed by atoms with Crippen molar-refractivity contribution in [1.82, 2.24) is 4.98 Å². The summed E-state index contributed by atoms with van der Waals surface area (Å²) in [4.78, 5) is 16.3. The van der Waals surface area contributed by atoms with Crippen molar-refractivity contribution in [3.63, 3.8) is 0 Å². The van der Waals surface area contributed by atoms with Crippen molar-refractivity contribution in [2.45, 2.75) is 19.2 Å². The summed E-state index contributed by atoms with van der Waals surface area (Å²) in [6.07, 6.45) is 0.964. The van der Waals surface area contributed by atoms with Gasteiger partial charge in [-0.15, -0.1) is 0 Å². The van der Waals surface area contributed by atoms with Crippen LogP contribution in [0, 0.1) is 0 Å². The molecule has 0 aliphatic carbocycles. The number of nitrogens with zero attached hydrogens (tertiary/aromatic N) is 1. The van der Waals surface area contributed by atoms with Crippen LogP contribution in [-0.4, -0.2) is 24.8 Å². The Balaban J connectivity index is 1.78. The zero-order chi connectivity index (χ0) is 13.9. The zero-order valence-corrected chi connectivity index (χ0v) is 11.5. The van der Waals surface area contributed by atoms with Crippen molar-refractivity contribution < 1.29 is 9.53 Å². The first-order valence-electron chi connectivity index (χ1n) is 6.95. The highest BCUT2D eigenvalue weighted by atomic mass is 16.5. The van der Waals surface area contributed by atoms with Crippen molar-refractivity contribution in [1.29, 1.82) is 0 Å². The molecule has 20 heavy (non-hydrogen) atoms. The summed E-state index contributed by atoms with van der Waals surface area (Å²) in [5.41, 5.74) is 3.84. The predicted molar refractivity (Wildman–Crippen MR) is 79.9 cm³/mol. The largest absolute Gasteiger partial charge is 0.461 e. The summed E-state index contributed by atoms with van der Waals surface area (Å²) >= 11 is 0. The van der Waals surface area contributed by atoms with Crippen LogP contribution in [0.25, 0.3) is 0 Å². The number of hydrogen-bond donors (Lipinski definition) is 0. The number of aromatic nitrogens is 1. The molecule has 0 saturated heterocycles. The lowest BCUT2D eigenvalue weighted by atomic mass is 9.68. The molecule has 1 aliphatic heterocycles. The average Bonchev–Trinajstić information content (AvgIpc) is 2.50. The number of carbonyl (C=O) groups is 1. The minimum absolute atomic E-state index is 0.180. The van der Waals surface area contributed by atoms with E-state index in [-0.39, 0.29) is 11.9 Å². The van der Waals surface area contributed by atoms with E-state index in [2.05, 4.69) is 17.1 Å². The summed E-state index contributed by atoms with van der Waals surface area (Å²) in [5.74, 6) is -0.0698. The summed E-state index contributed by atoms with van der Waals surface area (Å²) in [7, 11) is 0.888. The number of rotatable bonds is 3. The normalized spacial score (nSPS) is 17.2. The van der Waals surface area contributed by atoms with Gasteiger partial charge in [-0.1, -0.05) is 42.8 Å². The third-order valence-corrected chi connectivity index (χ3v) is 3.65. The molecule has 3 nitrogen and oxygen atoms in total. The van der Waals surface area contributed by atoms with Gasteiger partial charge in [-0.3, -0.25) is 4.98 Å². The Morgan fingerprint density at radius 1 is 1.25 bits per heavy atom. The molecule has 4 heteroatoms. The quantitative estimate of drug-likeness (QED) is 0.625. The first kappa shape index (κ1) is 12.9. The molecule has 0 radical (unpaired) electrons. The fourth-order valence-corrected chi connectivity index (χ4v) is 2.48. The lowest BCUT2D eigenvalue weighted by Crippen LogP contribution is -2.28. The monoisotopic (exact) mass is 265 g/mol. The van der Waals surface area contributed by atoms with Gasteiger partial charge in [0.2, 0.25) is 0 Å². The first-order valence-corrected chi connectivity index (χ1v) is 6.95. The second-order valence-electron chi connectivity index (χ2n) is 5.22. The zero-order valence-electron chi connectivity index (χ0n) is 11.5. The van der Waals surface area contributed by atoms with Gasteiger partial charge in [0.15, 0.2) is 7.28 Å². The van der Waals surface area contributed by atoms with E-state index >= 15 is 0 Å². The average molecular weight is 265 g/mol. The lowest BCUT2D eigenvalue weighted by Gasteiger charge is -2.21. The molecule has 0 bridgehead atoms. The Morgan fingerprint density at radius 3 is 2.85 bits per heavy atom. The van der Waals surface area contributed by atoms with Crippen LogP contribution in [0.2, 0.25) is 0 Å². The van der Waals surface area contributed by atoms with Crippen LogP contribution in [0.1, 0.15) is 34.5 Å². The van der Waals surface area contributed by atoms with E-state index in [9.17, 15) is 4.79 Å². The summed E-state index contributed by atoms with van der Waals surface area (Å²) < 4.78 is 5.11. The van der Waals surface area contributed by atoms with Gasteiger partial charge in [-0.25, -0.2) is 4.79 Å². The fraction of sp³-hybridized carbons (Fsp3) is 0.250. The number of esters is 1. The van der Waals surface area contributed by atoms with Gasteiger partial charge in [0.1, 0.15) is 0 Å². The Bertz CT molecular complexity index is 628. The lowest BCUT2D eigenvalue weighted by molar-refractivity contribution is 0.0445. The Labute approximate surface area is 119 Å². The van der Waals surface area contributed by atoms with Crippen LogP contribution in [0.4, 0.5) is 0 Å². The molecule has 0 N–H and O–H groups in total. The SMILES string of the molecule is CC1COC(=O)c2ccc(BCc3ccccc3)nc21. The Kier molecular flexibility index (Phi) is 3.55. The minimum Gasteiger partial charge on any atom is -0.461 e. The van der Waals surface area contributed by atoms with Crippen LogP contribution < -0.4 is 5.59 Å². The van der Waals surface area contributed by atoms with E-state index in [1.165, 1.54) is 5.56 Å². The van der Waals surface area contributed by atoms with Gasteiger partial charge >= 0.3 is 5.97 Å². The summed E-state index contributed by atoms with van der Waals surface area (Å²) in [5, 5.41) is 0. The van der Waals surface area contributed by atoms with Crippen molar-refractivity contribution in [2.75, 3.05) is 6.61 Å².